The summed E-state index contributed by atoms with van der Waals surface area (Å²) in [5, 5.41) is 0. The zero-order valence-electron chi connectivity index (χ0n) is 9.01. The van der Waals surface area contributed by atoms with Crippen LogP contribution in [0.2, 0.25) is 0 Å². The van der Waals surface area contributed by atoms with E-state index in [1.807, 2.05) is 13.0 Å². The lowest BCUT2D eigenvalue weighted by Gasteiger charge is -2.03. The van der Waals surface area contributed by atoms with Crippen molar-refractivity contribution in [3.8, 4) is 0 Å². The summed E-state index contributed by atoms with van der Waals surface area (Å²) in [4.78, 5) is 16.2. The molecule has 1 heterocycles. The molecule has 2 rings (SSSR count). The molecular weight excluding hydrogens is 256 g/mol. The van der Waals surface area contributed by atoms with Crippen molar-refractivity contribution in [1.29, 1.82) is 0 Å². The number of nitrogen functional groups attached to an aromatic ring is 1. The average molecular weight is 266 g/mol. The lowest BCUT2D eigenvalue weighted by Crippen LogP contribution is -2.13. The van der Waals surface area contributed by atoms with Crippen LogP contribution in [0.15, 0.2) is 27.4 Å². The number of primary amides is 1. The Balaban J connectivity index is 2.28. The summed E-state index contributed by atoms with van der Waals surface area (Å²) in [5.41, 5.74) is 11.6. The van der Waals surface area contributed by atoms with Crippen LogP contribution in [0.5, 0.6) is 0 Å². The standard InChI is InChI=1S/C10H10N4OS2/c1-5-13-10(17-14-5)16-6-2-3-8(11)7(4-6)9(12)15/h2-4H,11H2,1H3,(H2,12,15). The summed E-state index contributed by atoms with van der Waals surface area (Å²) >= 11 is 2.75. The first kappa shape index (κ1) is 11.9. The van der Waals surface area contributed by atoms with Crippen molar-refractivity contribution in [3.63, 3.8) is 0 Å². The number of carbonyl (C=O) groups excluding carboxylic acids is 1. The number of carbonyl (C=O) groups is 1. The van der Waals surface area contributed by atoms with Crippen molar-refractivity contribution in [2.24, 2.45) is 5.73 Å². The van der Waals surface area contributed by atoms with Gasteiger partial charge in [0, 0.05) is 10.6 Å². The molecule has 0 saturated carbocycles. The highest BCUT2D eigenvalue weighted by atomic mass is 32.2. The molecule has 0 saturated heterocycles. The van der Waals surface area contributed by atoms with E-state index in [1.54, 1.807) is 12.1 Å². The molecule has 4 N–H and O–H groups in total. The van der Waals surface area contributed by atoms with Crippen molar-refractivity contribution in [3.05, 3.63) is 29.6 Å². The number of aryl methyl sites for hydroxylation is 1. The highest BCUT2D eigenvalue weighted by Crippen LogP contribution is 2.30. The van der Waals surface area contributed by atoms with Crippen LogP contribution in [0, 0.1) is 6.92 Å². The van der Waals surface area contributed by atoms with Gasteiger partial charge >= 0.3 is 0 Å². The van der Waals surface area contributed by atoms with Gasteiger partial charge < -0.3 is 11.5 Å². The number of anilines is 1. The van der Waals surface area contributed by atoms with E-state index < -0.39 is 5.91 Å². The van der Waals surface area contributed by atoms with Gasteiger partial charge in [0.05, 0.1) is 5.56 Å². The average Bonchev–Trinajstić information content (AvgIpc) is 2.66. The molecule has 0 aliphatic carbocycles. The number of nitrogens with zero attached hydrogens (tertiary/aromatic N) is 2. The normalized spacial score (nSPS) is 10.4. The van der Waals surface area contributed by atoms with E-state index >= 15 is 0 Å². The highest BCUT2D eigenvalue weighted by Gasteiger charge is 2.09. The van der Waals surface area contributed by atoms with Crippen LogP contribution in [0.25, 0.3) is 0 Å². The number of hydrogen-bond donors (Lipinski definition) is 2. The van der Waals surface area contributed by atoms with Gasteiger partial charge in [-0.05, 0) is 36.7 Å². The third kappa shape index (κ3) is 2.75. The summed E-state index contributed by atoms with van der Waals surface area (Å²) < 4.78 is 4.90. The van der Waals surface area contributed by atoms with Gasteiger partial charge in [-0.25, -0.2) is 4.98 Å². The Morgan fingerprint density at radius 2 is 2.24 bits per heavy atom. The van der Waals surface area contributed by atoms with E-state index in [0.29, 0.717) is 11.3 Å². The minimum absolute atomic E-state index is 0.330. The van der Waals surface area contributed by atoms with Crippen molar-refractivity contribution in [1.82, 2.24) is 9.36 Å². The summed E-state index contributed by atoms with van der Waals surface area (Å²) in [5.74, 6) is 0.210. The number of benzene rings is 1. The number of rotatable bonds is 3. The van der Waals surface area contributed by atoms with Gasteiger partial charge in [0.2, 0.25) is 0 Å². The maximum absolute atomic E-state index is 11.1. The number of amides is 1. The first-order chi connectivity index (χ1) is 8.06. The molecule has 0 fully saturated rings. The third-order valence-electron chi connectivity index (χ3n) is 2.00. The summed E-state index contributed by atoms with van der Waals surface area (Å²) in [6.07, 6.45) is 0. The van der Waals surface area contributed by atoms with Crippen LogP contribution in [0.1, 0.15) is 16.2 Å². The maximum atomic E-state index is 11.1. The van der Waals surface area contributed by atoms with Crippen molar-refractivity contribution in [2.75, 3.05) is 5.73 Å². The number of aromatic nitrogens is 2. The van der Waals surface area contributed by atoms with Crippen molar-refractivity contribution < 1.29 is 4.79 Å². The van der Waals surface area contributed by atoms with E-state index in [1.165, 1.54) is 23.3 Å². The molecule has 1 amide bonds. The predicted octanol–water partition coefficient (Wildman–Crippen LogP) is 1.68. The van der Waals surface area contributed by atoms with Crippen LogP contribution >= 0.6 is 23.3 Å². The fourth-order valence-electron chi connectivity index (χ4n) is 1.23. The Morgan fingerprint density at radius 1 is 1.47 bits per heavy atom. The molecule has 1 aromatic heterocycles. The fourth-order valence-corrected chi connectivity index (χ4v) is 2.90. The van der Waals surface area contributed by atoms with Crippen LogP contribution in [-0.2, 0) is 0 Å². The Kier molecular flexibility index (Phi) is 3.30. The number of nitrogens with two attached hydrogens (primary N) is 2. The largest absolute Gasteiger partial charge is 0.398 e. The Morgan fingerprint density at radius 3 is 2.82 bits per heavy atom. The van der Waals surface area contributed by atoms with Crippen molar-refractivity contribution in [2.45, 2.75) is 16.2 Å². The van der Waals surface area contributed by atoms with Gasteiger partial charge in [-0.1, -0.05) is 11.8 Å². The second kappa shape index (κ2) is 4.72. The predicted molar refractivity (Wildman–Crippen MR) is 68.1 cm³/mol. The molecule has 0 unspecified atom stereocenters. The van der Waals surface area contributed by atoms with E-state index in [4.69, 9.17) is 11.5 Å². The minimum atomic E-state index is -0.529. The molecule has 88 valence electrons. The van der Waals surface area contributed by atoms with Crippen molar-refractivity contribution >= 4 is 34.9 Å². The molecule has 0 aliphatic rings. The highest BCUT2D eigenvalue weighted by molar-refractivity contribution is 8.01. The van der Waals surface area contributed by atoms with Gasteiger partial charge in [-0.15, -0.1) is 0 Å². The molecule has 7 heteroatoms. The monoisotopic (exact) mass is 266 g/mol. The molecule has 0 spiro atoms. The summed E-state index contributed by atoms with van der Waals surface area (Å²) in [7, 11) is 0. The topological polar surface area (TPSA) is 94.9 Å². The Bertz CT molecular complexity index is 567. The summed E-state index contributed by atoms with van der Waals surface area (Å²) in [6.45, 7) is 1.83. The molecule has 0 atom stereocenters. The summed E-state index contributed by atoms with van der Waals surface area (Å²) in [6, 6.07) is 5.15. The van der Waals surface area contributed by atoms with Crippen LogP contribution in [0.4, 0.5) is 5.69 Å². The van der Waals surface area contributed by atoms with E-state index in [-0.39, 0.29) is 0 Å². The van der Waals surface area contributed by atoms with Crippen LogP contribution in [0.3, 0.4) is 0 Å². The molecule has 0 bridgehead atoms. The van der Waals surface area contributed by atoms with E-state index in [2.05, 4.69) is 9.36 Å². The van der Waals surface area contributed by atoms with Crippen LogP contribution in [-0.4, -0.2) is 15.3 Å². The first-order valence-electron chi connectivity index (χ1n) is 4.74. The molecule has 5 nitrogen and oxygen atoms in total. The zero-order valence-corrected chi connectivity index (χ0v) is 10.6. The molecule has 2 aromatic rings. The third-order valence-corrected chi connectivity index (χ3v) is 3.84. The molecule has 0 radical (unpaired) electrons. The number of hydrogen-bond acceptors (Lipinski definition) is 6. The SMILES string of the molecule is Cc1nsc(Sc2ccc(N)c(C(N)=O)c2)n1. The molecule has 1 aromatic carbocycles. The minimum Gasteiger partial charge on any atom is -0.398 e. The second-order valence-electron chi connectivity index (χ2n) is 3.32. The van der Waals surface area contributed by atoms with Gasteiger partial charge in [-0.3, -0.25) is 4.79 Å². The Labute approximate surface area is 106 Å². The second-order valence-corrected chi connectivity index (χ2v) is 5.40. The van der Waals surface area contributed by atoms with Gasteiger partial charge in [0.25, 0.3) is 5.91 Å². The smallest absolute Gasteiger partial charge is 0.250 e. The maximum Gasteiger partial charge on any atom is 0.250 e. The molecule has 0 aliphatic heterocycles. The van der Waals surface area contributed by atoms with E-state index in [9.17, 15) is 4.79 Å². The van der Waals surface area contributed by atoms with Gasteiger partial charge in [0.1, 0.15) is 5.82 Å². The Hall–Kier alpha value is -1.60. The lowest BCUT2D eigenvalue weighted by atomic mass is 10.2. The first-order valence-corrected chi connectivity index (χ1v) is 6.33. The van der Waals surface area contributed by atoms with Gasteiger partial charge in [-0.2, -0.15) is 4.37 Å². The zero-order chi connectivity index (χ0) is 12.4. The van der Waals surface area contributed by atoms with E-state index in [0.717, 1.165) is 15.1 Å². The van der Waals surface area contributed by atoms with Gasteiger partial charge in [0.15, 0.2) is 4.34 Å². The lowest BCUT2D eigenvalue weighted by molar-refractivity contribution is 0.100. The molecular formula is C10H10N4OS2. The van der Waals surface area contributed by atoms with Crippen LogP contribution < -0.4 is 11.5 Å². The molecule has 17 heavy (non-hydrogen) atoms. The fraction of sp³-hybridized carbons (Fsp3) is 0.100. The quantitative estimate of drug-likeness (QED) is 0.824.